The van der Waals surface area contributed by atoms with Crippen molar-refractivity contribution in [3.63, 3.8) is 0 Å². The average Bonchev–Trinajstić information content (AvgIpc) is 3.31. The van der Waals surface area contributed by atoms with Crippen molar-refractivity contribution in [2.75, 3.05) is 14.2 Å². The van der Waals surface area contributed by atoms with Gasteiger partial charge < -0.3 is 15.0 Å². The van der Waals surface area contributed by atoms with Crippen LogP contribution >= 0.6 is 22.9 Å². The molecule has 1 aliphatic rings. The predicted octanol–water partition coefficient (Wildman–Crippen LogP) is 7.38. The Hall–Kier alpha value is -3.07. The third kappa shape index (κ3) is 5.51. The van der Waals surface area contributed by atoms with Crippen LogP contribution in [-0.4, -0.2) is 42.0 Å². The number of benzene rings is 2. The third-order valence-electron chi connectivity index (χ3n) is 7.53. The van der Waals surface area contributed by atoms with Gasteiger partial charge in [-0.05, 0) is 87.2 Å². The molecule has 204 valence electrons. The topological polar surface area (TPSA) is 54.5 Å². The molecule has 5 rings (SSSR count). The van der Waals surface area contributed by atoms with E-state index in [1.165, 1.54) is 0 Å². The predicted molar refractivity (Wildman–Crippen MR) is 153 cm³/mol. The van der Waals surface area contributed by atoms with Crippen LogP contribution in [0.2, 0.25) is 5.02 Å². The van der Waals surface area contributed by atoms with E-state index >= 15 is 0 Å². The minimum atomic E-state index is -0.644. The van der Waals surface area contributed by atoms with Crippen molar-refractivity contribution >= 4 is 38.9 Å². The largest absolute Gasteiger partial charge is 0.496 e. The molecule has 1 fully saturated rings. The summed E-state index contributed by atoms with van der Waals surface area (Å²) in [6, 6.07) is 12.3. The van der Waals surface area contributed by atoms with Crippen molar-refractivity contribution in [1.29, 1.82) is 0 Å². The molecule has 0 radical (unpaired) electrons. The van der Waals surface area contributed by atoms with Crippen LogP contribution in [0.25, 0.3) is 21.2 Å². The summed E-state index contributed by atoms with van der Waals surface area (Å²) in [5, 5.41) is 3.24. The van der Waals surface area contributed by atoms with Crippen LogP contribution in [-0.2, 0) is 6.54 Å². The Morgan fingerprint density at radius 1 is 1.10 bits per heavy atom. The number of aromatic nitrogens is 1. The van der Waals surface area contributed by atoms with Crippen LogP contribution in [0.4, 0.5) is 8.78 Å². The number of carbonyl (C=O) groups excluding carboxylic acids is 1. The van der Waals surface area contributed by atoms with E-state index in [0.717, 1.165) is 71.5 Å². The number of nitrogens with zero attached hydrogens (tertiary/aromatic N) is 2. The van der Waals surface area contributed by atoms with E-state index in [0.29, 0.717) is 11.8 Å². The van der Waals surface area contributed by atoms with E-state index in [4.69, 9.17) is 16.3 Å². The van der Waals surface area contributed by atoms with E-state index in [1.54, 1.807) is 18.2 Å². The first-order valence-electron chi connectivity index (χ1n) is 12.9. The Balaban J connectivity index is 1.56. The lowest BCUT2D eigenvalue weighted by Crippen LogP contribution is -2.44. The lowest BCUT2D eigenvalue weighted by Gasteiger charge is -2.37. The van der Waals surface area contributed by atoms with Crippen molar-refractivity contribution in [3.8, 4) is 16.9 Å². The van der Waals surface area contributed by atoms with E-state index in [1.807, 2.05) is 44.3 Å². The first-order chi connectivity index (χ1) is 18.8. The Kier molecular flexibility index (Phi) is 8.16. The normalized spacial score (nSPS) is 17.4. The zero-order chi connectivity index (χ0) is 27.7. The van der Waals surface area contributed by atoms with Gasteiger partial charge >= 0.3 is 0 Å². The van der Waals surface area contributed by atoms with E-state index in [2.05, 4.69) is 10.3 Å². The molecule has 5 nitrogen and oxygen atoms in total. The molecule has 1 N–H and O–H groups in total. The molecule has 2 heterocycles. The molecule has 1 amide bonds. The number of pyridine rings is 1. The maximum atomic E-state index is 14.6. The number of hydrogen-bond donors (Lipinski definition) is 1. The van der Waals surface area contributed by atoms with Crippen LogP contribution < -0.4 is 10.1 Å². The minimum Gasteiger partial charge on any atom is -0.496 e. The summed E-state index contributed by atoms with van der Waals surface area (Å²) < 4.78 is 34.9. The van der Waals surface area contributed by atoms with E-state index < -0.39 is 11.6 Å². The van der Waals surface area contributed by atoms with Crippen molar-refractivity contribution in [2.24, 2.45) is 0 Å². The van der Waals surface area contributed by atoms with Crippen molar-refractivity contribution < 1.29 is 18.3 Å². The number of nitrogens with one attached hydrogen (secondary N) is 1. The molecular weight excluding hydrogens is 540 g/mol. The van der Waals surface area contributed by atoms with E-state index in [-0.39, 0.29) is 38.5 Å². The number of carbonyl (C=O) groups is 1. The number of fused-ring (bicyclic) bond motifs is 1. The molecule has 2 aromatic carbocycles. The van der Waals surface area contributed by atoms with Gasteiger partial charge in [0.15, 0.2) is 0 Å². The molecular formula is C30H30ClF2N3O2S. The fourth-order valence-electron chi connectivity index (χ4n) is 5.40. The molecule has 2 aromatic heterocycles. The summed E-state index contributed by atoms with van der Waals surface area (Å²) in [5.74, 6) is -0.916. The highest BCUT2D eigenvalue weighted by Gasteiger charge is 2.33. The number of amides is 1. The monoisotopic (exact) mass is 569 g/mol. The second-order valence-electron chi connectivity index (χ2n) is 9.92. The van der Waals surface area contributed by atoms with Crippen LogP contribution in [0.15, 0.2) is 48.7 Å². The Morgan fingerprint density at radius 2 is 1.82 bits per heavy atom. The molecule has 9 heteroatoms. The molecule has 4 aromatic rings. The van der Waals surface area contributed by atoms with Gasteiger partial charge in [-0.2, -0.15) is 0 Å². The summed E-state index contributed by atoms with van der Waals surface area (Å²) in [4.78, 5) is 20.4. The lowest BCUT2D eigenvalue weighted by molar-refractivity contribution is 0.0604. The summed E-state index contributed by atoms with van der Waals surface area (Å²) in [6.45, 7) is 2.21. The molecule has 0 unspecified atom stereocenters. The number of methoxy groups -OCH3 is 1. The van der Waals surface area contributed by atoms with Crippen molar-refractivity contribution in [3.05, 3.63) is 81.5 Å². The van der Waals surface area contributed by atoms with Gasteiger partial charge in [0.05, 0.1) is 22.2 Å². The first kappa shape index (κ1) is 27.5. The van der Waals surface area contributed by atoms with Gasteiger partial charge in [0.25, 0.3) is 5.91 Å². The fraction of sp³-hybridized carbons (Fsp3) is 0.333. The maximum Gasteiger partial charge on any atom is 0.266 e. The number of halogens is 3. The average molecular weight is 570 g/mol. The van der Waals surface area contributed by atoms with Gasteiger partial charge in [-0.15, -0.1) is 11.3 Å². The number of thiophene rings is 1. The summed E-state index contributed by atoms with van der Waals surface area (Å²) in [5.41, 5.74) is 3.73. The number of hydrogen-bond acceptors (Lipinski definition) is 5. The minimum absolute atomic E-state index is 0.0427. The van der Waals surface area contributed by atoms with Gasteiger partial charge in [-0.25, -0.2) is 8.78 Å². The Labute approximate surface area is 235 Å². The van der Waals surface area contributed by atoms with Gasteiger partial charge in [0.2, 0.25) is 0 Å². The zero-order valence-electron chi connectivity index (χ0n) is 22.1. The SMILES string of the molecule is CN[C@H]1CC[C@H](N(Cc2cc(-c3ccnc(C)c3)ccc2OC)C(=O)c2sc3c(F)ccc(F)c3c2Cl)CC1. The van der Waals surface area contributed by atoms with Crippen LogP contribution in [0.5, 0.6) is 5.75 Å². The van der Waals surface area contributed by atoms with Gasteiger partial charge in [0.1, 0.15) is 22.3 Å². The Morgan fingerprint density at radius 3 is 2.49 bits per heavy atom. The van der Waals surface area contributed by atoms with E-state index in [9.17, 15) is 13.6 Å². The summed E-state index contributed by atoms with van der Waals surface area (Å²) in [6.07, 6.45) is 5.21. The lowest BCUT2D eigenvalue weighted by atomic mass is 9.89. The number of aryl methyl sites for hydroxylation is 1. The van der Waals surface area contributed by atoms with Gasteiger partial charge in [-0.1, -0.05) is 17.7 Å². The molecule has 0 bridgehead atoms. The Bertz CT molecular complexity index is 1520. The molecule has 0 saturated heterocycles. The smallest absolute Gasteiger partial charge is 0.266 e. The molecule has 39 heavy (non-hydrogen) atoms. The molecule has 0 spiro atoms. The second kappa shape index (κ2) is 11.6. The number of rotatable bonds is 7. The van der Waals surface area contributed by atoms with Crippen molar-refractivity contribution in [2.45, 2.75) is 51.2 Å². The highest BCUT2D eigenvalue weighted by atomic mass is 35.5. The highest BCUT2D eigenvalue weighted by Crippen LogP contribution is 2.40. The fourth-order valence-corrected chi connectivity index (χ4v) is 6.90. The second-order valence-corrected chi connectivity index (χ2v) is 11.3. The summed E-state index contributed by atoms with van der Waals surface area (Å²) >= 11 is 7.46. The summed E-state index contributed by atoms with van der Waals surface area (Å²) in [7, 11) is 3.55. The van der Waals surface area contributed by atoms with Gasteiger partial charge in [-0.3, -0.25) is 9.78 Å². The standard InChI is InChI=1S/C30H30ClF2N3O2S/c1-17-14-19(12-13-35-17)18-4-11-25(38-3)20(15-18)16-36(22-7-5-21(34-2)6-8-22)30(37)29-27(31)26-23(32)9-10-24(33)28(26)39-29/h4,9-15,21-22,34H,5-8,16H2,1-3H3/t21-,22-. The van der Waals surface area contributed by atoms with Crippen molar-refractivity contribution in [1.82, 2.24) is 15.2 Å². The van der Waals surface area contributed by atoms with Crippen LogP contribution in [0, 0.1) is 18.6 Å². The van der Waals surface area contributed by atoms with Crippen LogP contribution in [0.3, 0.4) is 0 Å². The maximum absolute atomic E-state index is 14.6. The van der Waals surface area contributed by atoms with Crippen LogP contribution in [0.1, 0.15) is 46.6 Å². The zero-order valence-corrected chi connectivity index (χ0v) is 23.6. The molecule has 0 aliphatic heterocycles. The third-order valence-corrected chi connectivity index (χ3v) is 9.21. The highest BCUT2D eigenvalue weighted by molar-refractivity contribution is 7.21. The number of ether oxygens (including phenoxy) is 1. The molecule has 1 saturated carbocycles. The van der Waals surface area contributed by atoms with Gasteiger partial charge in [0, 0.05) is 36.1 Å². The first-order valence-corrected chi connectivity index (χ1v) is 14.1. The molecule has 0 atom stereocenters. The quantitative estimate of drug-likeness (QED) is 0.252. The molecule has 1 aliphatic carbocycles.